The SMILES string of the molecule is C[Si](C)(C1C=CC=C1)C1c2cc(Br)ccc2-c2ccc(Br)cc21. The molecule has 0 radical (unpaired) electrons. The van der Waals surface area contributed by atoms with Crippen LogP contribution in [0.25, 0.3) is 11.1 Å². The average Bonchev–Trinajstić information content (AvgIpc) is 3.12. The molecular formula is C20H18Br2Si. The number of rotatable bonds is 2. The van der Waals surface area contributed by atoms with Gasteiger partial charge in [-0.25, -0.2) is 0 Å². The van der Waals surface area contributed by atoms with E-state index >= 15 is 0 Å². The summed E-state index contributed by atoms with van der Waals surface area (Å²) in [7, 11) is -1.60. The molecule has 2 aliphatic carbocycles. The Hall–Kier alpha value is -0.903. The maximum atomic E-state index is 3.68. The summed E-state index contributed by atoms with van der Waals surface area (Å²) >= 11 is 7.36. The van der Waals surface area contributed by atoms with Gasteiger partial charge in [0, 0.05) is 14.5 Å². The molecule has 0 saturated heterocycles. The molecule has 0 heterocycles. The number of hydrogen-bond donors (Lipinski definition) is 0. The number of hydrogen-bond acceptors (Lipinski definition) is 0. The summed E-state index contributed by atoms with van der Waals surface area (Å²) in [5.41, 5.74) is 6.94. The predicted octanol–water partition coefficient (Wildman–Crippen LogP) is 7.07. The fourth-order valence-electron chi connectivity index (χ4n) is 4.12. The summed E-state index contributed by atoms with van der Waals surface area (Å²) in [6, 6.07) is 13.6. The van der Waals surface area contributed by atoms with E-state index in [2.05, 4.69) is 106 Å². The highest BCUT2D eigenvalue weighted by molar-refractivity contribution is 9.10. The van der Waals surface area contributed by atoms with Crippen molar-refractivity contribution in [3.05, 3.63) is 80.8 Å². The Balaban J connectivity index is 1.96. The first-order chi connectivity index (χ1) is 11.0. The monoisotopic (exact) mass is 444 g/mol. The lowest BCUT2D eigenvalue weighted by molar-refractivity contribution is 1.06. The molecule has 0 fully saturated rings. The van der Waals surface area contributed by atoms with Crippen molar-refractivity contribution in [3.63, 3.8) is 0 Å². The molecule has 0 N–H and O–H groups in total. The third-order valence-electron chi connectivity index (χ3n) is 5.29. The first-order valence-corrected chi connectivity index (χ1v) is 12.7. The highest BCUT2D eigenvalue weighted by Gasteiger charge is 2.44. The molecule has 0 saturated carbocycles. The normalized spacial score (nSPS) is 16.9. The van der Waals surface area contributed by atoms with E-state index < -0.39 is 8.07 Å². The van der Waals surface area contributed by atoms with Crippen LogP contribution in [0.1, 0.15) is 16.7 Å². The Morgan fingerprint density at radius 2 is 1.26 bits per heavy atom. The summed E-state index contributed by atoms with van der Waals surface area (Å²) in [6.07, 6.45) is 9.19. The zero-order valence-electron chi connectivity index (χ0n) is 13.2. The quantitative estimate of drug-likeness (QED) is 0.433. The van der Waals surface area contributed by atoms with Crippen LogP contribution in [0.4, 0.5) is 0 Å². The lowest BCUT2D eigenvalue weighted by Gasteiger charge is -2.35. The molecule has 4 rings (SSSR count). The predicted molar refractivity (Wildman–Crippen MR) is 109 cm³/mol. The Morgan fingerprint density at radius 1 is 0.783 bits per heavy atom. The largest absolute Gasteiger partial charge is 0.0803 e. The van der Waals surface area contributed by atoms with E-state index in [0.29, 0.717) is 11.1 Å². The van der Waals surface area contributed by atoms with Gasteiger partial charge in [-0.1, -0.05) is 81.4 Å². The number of halogens is 2. The van der Waals surface area contributed by atoms with Crippen molar-refractivity contribution >= 4 is 39.9 Å². The van der Waals surface area contributed by atoms with Gasteiger partial charge in [-0.3, -0.25) is 0 Å². The van der Waals surface area contributed by atoms with E-state index in [1.54, 1.807) is 0 Å². The molecule has 0 unspecified atom stereocenters. The van der Waals surface area contributed by atoms with Crippen LogP contribution in [0.2, 0.25) is 18.6 Å². The standard InChI is InChI=1S/C20H18Br2Si/c1-23(2,15-5-3-4-6-15)20-18-11-13(21)7-9-16(18)17-10-8-14(22)12-19(17)20/h3-12,15,20H,1-2H3. The molecule has 0 bridgehead atoms. The van der Waals surface area contributed by atoms with E-state index in [1.165, 1.54) is 31.2 Å². The Kier molecular flexibility index (Phi) is 3.78. The van der Waals surface area contributed by atoms with Crippen LogP contribution in [0.15, 0.2) is 69.6 Å². The van der Waals surface area contributed by atoms with Crippen molar-refractivity contribution in [1.29, 1.82) is 0 Å². The van der Waals surface area contributed by atoms with Crippen molar-refractivity contribution in [2.24, 2.45) is 0 Å². The molecule has 0 nitrogen and oxygen atoms in total. The van der Waals surface area contributed by atoms with Crippen LogP contribution in [-0.4, -0.2) is 8.07 Å². The molecule has 2 aromatic rings. The summed E-state index contributed by atoms with van der Waals surface area (Å²) in [5.74, 6) is 0. The van der Waals surface area contributed by atoms with Crippen molar-refractivity contribution < 1.29 is 0 Å². The van der Waals surface area contributed by atoms with Gasteiger partial charge in [0.05, 0.1) is 8.07 Å². The number of allylic oxidation sites excluding steroid dienone is 4. The second-order valence-corrected chi connectivity index (χ2v) is 13.7. The van der Waals surface area contributed by atoms with Crippen LogP contribution in [0.5, 0.6) is 0 Å². The van der Waals surface area contributed by atoms with E-state index in [1.807, 2.05) is 0 Å². The van der Waals surface area contributed by atoms with Crippen molar-refractivity contribution in [3.8, 4) is 11.1 Å². The van der Waals surface area contributed by atoms with E-state index in [-0.39, 0.29) is 0 Å². The van der Waals surface area contributed by atoms with Gasteiger partial charge in [0.25, 0.3) is 0 Å². The third-order valence-corrected chi connectivity index (χ3v) is 10.5. The summed E-state index contributed by atoms with van der Waals surface area (Å²) < 4.78 is 2.35. The zero-order valence-corrected chi connectivity index (χ0v) is 17.4. The molecule has 23 heavy (non-hydrogen) atoms. The van der Waals surface area contributed by atoms with Gasteiger partial charge in [-0.05, 0) is 52.1 Å². The molecule has 0 spiro atoms. The first-order valence-electron chi connectivity index (χ1n) is 7.93. The zero-order chi connectivity index (χ0) is 16.2. The molecule has 2 aromatic carbocycles. The minimum atomic E-state index is -1.60. The minimum Gasteiger partial charge on any atom is -0.0803 e. The van der Waals surface area contributed by atoms with Gasteiger partial charge in [-0.2, -0.15) is 0 Å². The second kappa shape index (κ2) is 5.57. The van der Waals surface area contributed by atoms with Gasteiger partial charge < -0.3 is 0 Å². The van der Waals surface area contributed by atoms with Crippen LogP contribution in [0.3, 0.4) is 0 Å². The molecular weight excluding hydrogens is 428 g/mol. The lowest BCUT2D eigenvalue weighted by atomic mass is 10.1. The van der Waals surface area contributed by atoms with E-state index in [0.717, 1.165) is 0 Å². The molecule has 0 aliphatic heterocycles. The first kappa shape index (κ1) is 15.6. The number of benzene rings is 2. The maximum Gasteiger partial charge on any atom is 0.0715 e. The van der Waals surface area contributed by atoms with Crippen LogP contribution in [0, 0.1) is 0 Å². The molecule has 0 amide bonds. The average molecular weight is 446 g/mol. The Bertz CT molecular complexity index is 785. The molecule has 3 heteroatoms. The summed E-state index contributed by atoms with van der Waals surface area (Å²) in [6.45, 7) is 5.06. The minimum absolute atomic E-state index is 0.528. The van der Waals surface area contributed by atoms with Crippen LogP contribution in [-0.2, 0) is 0 Å². The van der Waals surface area contributed by atoms with E-state index in [9.17, 15) is 0 Å². The summed E-state index contributed by atoms with van der Waals surface area (Å²) in [5, 5.41) is 0. The van der Waals surface area contributed by atoms with Gasteiger partial charge in [0.2, 0.25) is 0 Å². The highest BCUT2D eigenvalue weighted by Crippen LogP contribution is 2.53. The lowest BCUT2D eigenvalue weighted by Crippen LogP contribution is -2.38. The maximum absolute atomic E-state index is 3.68. The molecule has 116 valence electrons. The second-order valence-electron chi connectivity index (χ2n) is 7.01. The van der Waals surface area contributed by atoms with Gasteiger partial charge in [-0.15, -0.1) is 0 Å². The topological polar surface area (TPSA) is 0 Å². The van der Waals surface area contributed by atoms with E-state index in [4.69, 9.17) is 0 Å². The number of fused-ring (bicyclic) bond motifs is 3. The fourth-order valence-corrected chi connectivity index (χ4v) is 8.56. The fraction of sp³-hybridized carbons (Fsp3) is 0.200. The highest BCUT2D eigenvalue weighted by atomic mass is 79.9. The van der Waals surface area contributed by atoms with Gasteiger partial charge in [0.1, 0.15) is 0 Å². The van der Waals surface area contributed by atoms with Crippen LogP contribution < -0.4 is 0 Å². The molecule has 0 aromatic heterocycles. The van der Waals surface area contributed by atoms with Crippen LogP contribution >= 0.6 is 31.9 Å². The Labute approximate surface area is 155 Å². The molecule has 2 aliphatic rings. The van der Waals surface area contributed by atoms with Crippen molar-refractivity contribution in [2.75, 3.05) is 0 Å². The Morgan fingerprint density at radius 3 is 1.74 bits per heavy atom. The molecule has 0 atom stereocenters. The van der Waals surface area contributed by atoms with Gasteiger partial charge in [0.15, 0.2) is 0 Å². The van der Waals surface area contributed by atoms with Crippen molar-refractivity contribution in [1.82, 2.24) is 0 Å². The smallest absolute Gasteiger partial charge is 0.0715 e. The van der Waals surface area contributed by atoms with Crippen molar-refractivity contribution in [2.45, 2.75) is 24.2 Å². The summed E-state index contributed by atoms with van der Waals surface area (Å²) in [4.78, 5) is 0. The third kappa shape index (κ3) is 2.44. The van der Waals surface area contributed by atoms with Gasteiger partial charge >= 0.3 is 0 Å².